The molecule has 2 aromatic carbocycles. The number of hydrogen-bond acceptors (Lipinski definition) is 6. The Morgan fingerprint density at radius 1 is 0.885 bits per heavy atom. The van der Waals surface area contributed by atoms with Crippen molar-refractivity contribution in [3.63, 3.8) is 0 Å². The Kier molecular flexibility index (Phi) is 4.55. The van der Waals surface area contributed by atoms with E-state index in [1.54, 1.807) is 0 Å². The highest BCUT2D eigenvalue weighted by atomic mass is 16.6. The van der Waals surface area contributed by atoms with E-state index >= 15 is 0 Å². The maximum Gasteiger partial charge on any atom is 0.163 e. The van der Waals surface area contributed by atoms with Gasteiger partial charge < -0.3 is 20.1 Å². The summed E-state index contributed by atoms with van der Waals surface area (Å²) in [4.78, 5) is 8.92. The SMILES string of the molecule is Cc1nc(NCc2ccccc2)cc(Nc2ccc3c(c2)OCCO3)n1. The van der Waals surface area contributed by atoms with Gasteiger partial charge in [-0.15, -0.1) is 0 Å². The molecule has 2 heterocycles. The zero-order valence-electron chi connectivity index (χ0n) is 14.5. The monoisotopic (exact) mass is 348 g/mol. The smallest absolute Gasteiger partial charge is 0.163 e. The molecule has 26 heavy (non-hydrogen) atoms. The summed E-state index contributed by atoms with van der Waals surface area (Å²) in [6, 6.07) is 17.9. The molecule has 132 valence electrons. The number of hydrogen-bond donors (Lipinski definition) is 2. The standard InChI is InChI=1S/C20H20N4O2/c1-14-22-19(21-13-15-5-3-2-4-6-15)12-20(23-14)24-16-7-8-17-18(11-16)26-10-9-25-17/h2-8,11-12H,9-10,13H2,1H3,(H2,21,22,23,24). The van der Waals surface area contributed by atoms with E-state index in [-0.39, 0.29) is 0 Å². The van der Waals surface area contributed by atoms with Crippen LogP contribution in [0.25, 0.3) is 0 Å². The minimum Gasteiger partial charge on any atom is -0.486 e. The number of anilines is 3. The summed E-state index contributed by atoms with van der Waals surface area (Å²) in [5, 5.41) is 6.65. The predicted molar refractivity (Wildman–Crippen MR) is 101 cm³/mol. The molecule has 0 amide bonds. The minimum absolute atomic E-state index is 0.566. The molecular formula is C20H20N4O2. The second-order valence-electron chi connectivity index (χ2n) is 6.01. The van der Waals surface area contributed by atoms with Crippen LogP contribution in [0.1, 0.15) is 11.4 Å². The van der Waals surface area contributed by atoms with Crippen LogP contribution in [0, 0.1) is 6.92 Å². The van der Waals surface area contributed by atoms with Gasteiger partial charge in [-0.05, 0) is 24.6 Å². The lowest BCUT2D eigenvalue weighted by Gasteiger charge is -2.19. The van der Waals surface area contributed by atoms with Crippen molar-refractivity contribution in [2.24, 2.45) is 0 Å². The molecule has 2 N–H and O–H groups in total. The van der Waals surface area contributed by atoms with Crippen LogP contribution in [0.15, 0.2) is 54.6 Å². The van der Waals surface area contributed by atoms with Crippen molar-refractivity contribution < 1.29 is 9.47 Å². The number of rotatable bonds is 5. The van der Waals surface area contributed by atoms with Crippen LogP contribution >= 0.6 is 0 Å². The third kappa shape index (κ3) is 3.85. The zero-order chi connectivity index (χ0) is 17.8. The molecule has 0 saturated heterocycles. The van der Waals surface area contributed by atoms with Crippen LogP contribution in [0.2, 0.25) is 0 Å². The van der Waals surface area contributed by atoms with Gasteiger partial charge in [-0.3, -0.25) is 0 Å². The second-order valence-corrected chi connectivity index (χ2v) is 6.01. The average Bonchev–Trinajstić information content (AvgIpc) is 2.67. The number of fused-ring (bicyclic) bond motifs is 1. The van der Waals surface area contributed by atoms with Gasteiger partial charge in [0, 0.05) is 24.4 Å². The normalized spacial score (nSPS) is 12.5. The van der Waals surface area contributed by atoms with E-state index in [2.05, 4.69) is 32.7 Å². The summed E-state index contributed by atoms with van der Waals surface area (Å²) in [6.07, 6.45) is 0. The Morgan fingerprint density at radius 2 is 1.65 bits per heavy atom. The van der Waals surface area contributed by atoms with Crippen molar-refractivity contribution in [2.45, 2.75) is 13.5 Å². The molecule has 4 rings (SSSR count). The van der Waals surface area contributed by atoms with Crippen LogP contribution in [0.5, 0.6) is 11.5 Å². The van der Waals surface area contributed by atoms with Gasteiger partial charge in [0.2, 0.25) is 0 Å². The molecule has 0 atom stereocenters. The molecule has 0 spiro atoms. The largest absolute Gasteiger partial charge is 0.486 e. The van der Waals surface area contributed by atoms with E-state index < -0.39 is 0 Å². The summed E-state index contributed by atoms with van der Waals surface area (Å²) in [5.41, 5.74) is 2.09. The Balaban J connectivity index is 1.49. The highest BCUT2D eigenvalue weighted by Gasteiger charge is 2.12. The quantitative estimate of drug-likeness (QED) is 0.729. The number of aromatic nitrogens is 2. The molecule has 6 heteroatoms. The molecule has 0 unspecified atom stereocenters. The summed E-state index contributed by atoms with van der Waals surface area (Å²) in [6.45, 7) is 3.74. The Bertz CT molecular complexity index is 900. The Hall–Kier alpha value is -3.28. The molecular weight excluding hydrogens is 328 g/mol. The second kappa shape index (κ2) is 7.31. The molecule has 3 aromatic rings. The molecule has 0 aliphatic carbocycles. The molecule has 0 saturated carbocycles. The molecule has 0 fully saturated rings. The minimum atomic E-state index is 0.566. The lowest BCUT2D eigenvalue weighted by Crippen LogP contribution is -2.15. The van der Waals surface area contributed by atoms with Crippen LogP contribution in [0.3, 0.4) is 0 Å². The van der Waals surface area contributed by atoms with Crippen molar-refractivity contribution in [3.8, 4) is 11.5 Å². The predicted octanol–water partition coefficient (Wildman–Crippen LogP) is 3.91. The van der Waals surface area contributed by atoms with E-state index in [0.717, 1.165) is 28.8 Å². The summed E-state index contributed by atoms with van der Waals surface area (Å²) < 4.78 is 11.2. The van der Waals surface area contributed by atoms with Gasteiger partial charge in [-0.1, -0.05) is 30.3 Å². The van der Waals surface area contributed by atoms with Gasteiger partial charge in [0.05, 0.1) is 0 Å². The van der Waals surface area contributed by atoms with Crippen LogP contribution < -0.4 is 20.1 Å². The number of nitrogens with zero attached hydrogens (tertiary/aromatic N) is 2. The Morgan fingerprint density at radius 3 is 2.50 bits per heavy atom. The average molecular weight is 348 g/mol. The van der Waals surface area contributed by atoms with Gasteiger partial charge in [0.1, 0.15) is 30.7 Å². The maximum absolute atomic E-state index is 5.63. The van der Waals surface area contributed by atoms with Crippen molar-refractivity contribution >= 4 is 17.3 Å². The number of benzene rings is 2. The molecule has 6 nitrogen and oxygen atoms in total. The van der Waals surface area contributed by atoms with Gasteiger partial charge in [0.15, 0.2) is 11.5 Å². The van der Waals surface area contributed by atoms with Crippen LogP contribution in [-0.4, -0.2) is 23.2 Å². The first kappa shape index (κ1) is 16.2. The third-order valence-electron chi connectivity index (χ3n) is 3.97. The fourth-order valence-electron chi connectivity index (χ4n) is 2.78. The zero-order valence-corrected chi connectivity index (χ0v) is 14.5. The lowest BCUT2D eigenvalue weighted by molar-refractivity contribution is 0.171. The number of nitrogens with one attached hydrogen (secondary N) is 2. The van der Waals surface area contributed by atoms with E-state index in [0.29, 0.717) is 25.6 Å². The number of aryl methyl sites for hydroxylation is 1. The van der Waals surface area contributed by atoms with Crippen LogP contribution in [-0.2, 0) is 6.54 Å². The fourth-order valence-corrected chi connectivity index (χ4v) is 2.78. The van der Waals surface area contributed by atoms with Crippen molar-refractivity contribution in [1.29, 1.82) is 0 Å². The molecule has 1 aliphatic heterocycles. The molecule has 0 radical (unpaired) electrons. The third-order valence-corrected chi connectivity index (χ3v) is 3.97. The first-order valence-corrected chi connectivity index (χ1v) is 8.56. The Labute approximate surface area is 152 Å². The molecule has 1 aromatic heterocycles. The van der Waals surface area contributed by atoms with E-state index in [9.17, 15) is 0 Å². The summed E-state index contributed by atoms with van der Waals surface area (Å²) in [5.74, 6) is 3.72. The topological polar surface area (TPSA) is 68.3 Å². The van der Waals surface area contributed by atoms with Crippen LogP contribution in [0.4, 0.5) is 17.3 Å². The molecule has 0 bridgehead atoms. The lowest BCUT2D eigenvalue weighted by atomic mass is 10.2. The summed E-state index contributed by atoms with van der Waals surface area (Å²) in [7, 11) is 0. The molecule has 1 aliphatic rings. The van der Waals surface area contributed by atoms with Crippen molar-refractivity contribution in [1.82, 2.24) is 9.97 Å². The number of ether oxygens (including phenoxy) is 2. The van der Waals surface area contributed by atoms with Gasteiger partial charge in [0.25, 0.3) is 0 Å². The van der Waals surface area contributed by atoms with Gasteiger partial charge >= 0.3 is 0 Å². The first-order valence-electron chi connectivity index (χ1n) is 8.56. The van der Waals surface area contributed by atoms with E-state index in [4.69, 9.17) is 9.47 Å². The highest BCUT2D eigenvalue weighted by molar-refractivity contribution is 5.63. The summed E-state index contributed by atoms with van der Waals surface area (Å²) >= 11 is 0. The van der Waals surface area contributed by atoms with E-state index in [1.807, 2.05) is 49.4 Å². The van der Waals surface area contributed by atoms with E-state index in [1.165, 1.54) is 5.56 Å². The maximum atomic E-state index is 5.63. The highest BCUT2D eigenvalue weighted by Crippen LogP contribution is 2.33. The van der Waals surface area contributed by atoms with Crippen molar-refractivity contribution in [3.05, 3.63) is 66.0 Å². The first-order chi connectivity index (χ1) is 12.8. The van der Waals surface area contributed by atoms with Gasteiger partial charge in [-0.25, -0.2) is 9.97 Å². The fraction of sp³-hybridized carbons (Fsp3) is 0.200. The van der Waals surface area contributed by atoms with Crippen molar-refractivity contribution in [2.75, 3.05) is 23.8 Å². The van der Waals surface area contributed by atoms with Gasteiger partial charge in [-0.2, -0.15) is 0 Å².